The summed E-state index contributed by atoms with van der Waals surface area (Å²) in [5, 5.41) is 0. The van der Waals surface area contributed by atoms with Crippen molar-refractivity contribution in [3.8, 4) is 0 Å². The van der Waals surface area contributed by atoms with E-state index < -0.39 is 0 Å². The number of amides is 1. The number of carbonyl (C=O) groups excluding carboxylic acids is 1. The Labute approximate surface area is 128 Å². The van der Waals surface area contributed by atoms with Crippen LogP contribution in [0.1, 0.15) is 36.2 Å². The van der Waals surface area contributed by atoms with E-state index >= 15 is 0 Å². The van der Waals surface area contributed by atoms with Gasteiger partial charge >= 0.3 is 0 Å². The summed E-state index contributed by atoms with van der Waals surface area (Å²) in [5.41, 5.74) is 8.10. The smallest absolute Gasteiger partial charge is 0.253 e. The van der Waals surface area contributed by atoms with Crippen LogP contribution in [-0.2, 0) is 0 Å². The predicted molar refractivity (Wildman–Crippen MR) is 86.2 cm³/mol. The first-order chi connectivity index (χ1) is 8.81. The third kappa shape index (κ3) is 3.11. The zero-order valence-corrected chi connectivity index (χ0v) is 13.9. The number of benzene rings is 1. The van der Waals surface area contributed by atoms with Gasteiger partial charge in [0.2, 0.25) is 0 Å². The van der Waals surface area contributed by atoms with Crippen molar-refractivity contribution in [3.05, 3.63) is 32.9 Å². The van der Waals surface area contributed by atoms with Gasteiger partial charge in [-0.1, -0.05) is 19.9 Å². The Kier molecular flexibility index (Phi) is 4.20. The molecule has 3 nitrogen and oxygen atoms in total. The molecule has 0 aliphatic carbocycles. The van der Waals surface area contributed by atoms with Gasteiger partial charge in [0.05, 0.1) is 0 Å². The third-order valence-electron chi connectivity index (χ3n) is 4.02. The van der Waals surface area contributed by atoms with E-state index in [-0.39, 0.29) is 17.4 Å². The van der Waals surface area contributed by atoms with Crippen molar-refractivity contribution < 1.29 is 4.79 Å². The molecule has 1 aromatic rings. The fourth-order valence-corrected chi connectivity index (χ4v) is 2.97. The molecule has 2 N–H and O–H groups in total. The van der Waals surface area contributed by atoms with E-state index in [2.05, 4.69) is 43.4 Å². The minimum Gasteiger partial charge on any atom is -0.338 e. The molecular weight excluding hydrogens is 351 g/mol. The van der Waals surface area contributed by atoms with Crippen molar-refractivity contribution in [1.29, 1.82) is 0 Å². The van der Waals surface area contributed by atoms with Crippen LogP contribution in [0.3, 0.4) is 0 Å². The lowest BCUT2D eigenvalue weighted by Gasteiger charge is -2.42. The van der Waals surface area contributed by atoms with Gasteiger partial charge < -0.3 is 10.6 Å². The summed E-state index contributed by atoms with van der Waals surface area (Å²) < 4.78 is 1.14. The van der Waals surface area contributed by atoms with Crippen LogP contribution < -0.4 is 5.73 Å². The van der Waals surface area contributed by atoms with Crippen molar-refractivity contribution in [3.63, 3.8) is 0 Å². The quantitative estimate of drug-likeness (QED) is 0.771. The molecule has 1 aliphatic rings. The molecule has 0 radical (unpaired) electrons. The van der Waals surface area contributed by atoms with Gasteiger partial charge in [0.25, 0.3) is 5.91 Å². The standard InChI is InChI=1S/C15H21IN2O/c1-10-4-5-11(8-12(10)16)14(19)18-7-6-13(17)15(2,3)9-18/h4-5,8,13H,6-7,9,17H2,1-3H3. The lowest BCUT2D eigenvalue weighted by atomic mass is 9.79. The minimum atomic E-state index is -0.00817. The molecule has 1 unspecified atom stereocenters. The average Bonchev–Trinajstić information content (AvgIpc) is 2.35. The fourth-order valence-electron chi connectivity index (χ4n) is 2.46. The van der Waals surface area contributed by atoms with Crippen molar-refractivity contribution in [2.45, 2.75) is 33.2 Å². The molecule has 1 aliphatic heterocycles. The van der Waals surface area contributed by atoms with Crippen LogP contribution in [0, 0.1) is 15.9 Å². The normalized spacial score (nSPS) is 22.4. The Balaban J connectivity index is 2.18. The molecule has 1 saturated heterocycles. The number of hydrogen-bond donors (Lipinski definition) is 1. The first-order valence-corrected chi connectivity index (χ1v) is 7.70. The second-order valence-electron chi connectivity index (χ2n) is 6.07. The van der Waals surface area contributed by atoms with Gasteiger partial charge in [-0.3, -0.25) is 4.79 Å². The lowest BCUT2D eigenvalue weighted by molar-refractivity contribution is 0.0533. The van der Waals surface area contributed by atoms with E-state index in [1.165, 1.54) is 5.56 Å². The molecule has 0 bridgehead atoms. The van der Waals surface area contributed by atoms with E-state index in [9.17, 15) is 4.79 Å². The van der Waals surface area contributed by atoms with Crippen molar-refractivity contribution in [2.24, 2.45) is 11.1 Å². The molecule has 1 aromatic carbocycles. The Morgan fingerprint density at radius 3 is 2.74 bits per heavy atom. The summed E-state index contributed by atoms with van der Waals surface area (Å²) in [7, 11) is 0. The van der Waals surface area contributed by atoms with Gasteiger partial charge in [-0.05, 0) is 59.0 Å². The maximum Gasteiger partial charge on any atom is 0.253 e. The van der Waals surface area contributed by atoms with Crippen LogP contribution in [0.25, 0.3) is 0 Å². The zero-order valence-electron chi connectivity index (χ0n) is 11.7. The number of rotatable bonds is 1. The molecule has 0 aromatic heterocycles. The molecule has 0 spiro atoms. The van der Waals surface area contributed by atoms with Crippen LogP contribution >= 0.6 is 22.6 Å². The van der Waals surface area contributed by atoms with E-state index in [0.717, 1.165) is 28.6 Å². The fraction of sp³-hybridized carbons (Fsp3) is 0.533. The molecule has 4 heteroatoms. The largest absolute Gasteiger partial charge is 0.338 e. The van der Waals surface area contributed by atoms with Crippen LogP contribution in [0.2, 0.25) is 0 Å². The molecule has 0 saturated carbocycles. The van der Waals surface area contributed by atoms with E-state index in [1.54, 1.807) is 0 Å². The SMILES string of the molecule is Cc1ccc(C(=O)N2CCC(N)C(C)(C)C2)cc1I. The first kappa shape index (κ1) is 14.8. The number of aryl methyl sites for hydroxylation is 1. The lowest BCUT2D eigenvalue weighted by Crippen LogP contribution is -2.54. The minimum absolute atomic E-state index is 0.00817. The maximum atomic E-state index is 12.5. The second-order valence-corrected chi connectivity index (χ2v) is 7.24. The summed E-state index contributed by atoms with van der Waals surface area (Å²) in [6.07, 6.45) is 0.877. The number of nitrogens with two attached hydrogens (primary N) is 1. The number of piperidine rings is 1. The van der Waals surface area contributed by atoms with E-state index in [0.29, 0.717) is 0 Å². The number of carbonyl (C=O) groups is 1. The average molecular weight is 372 g/mol. The predicted octanol–water partition coefficient (Wildman–Crippen LogP) is 2.80. The van der Waals surface area contributed by atoms with E-state index in [1.807, 2.05) is 23.1 Å². The topological polar surface area (TPSA) is 46.3 Å². The molecule has 1 fully saturated rings. The highest BCUT2D eigenvalue weighted by Gasteiger charge is 2.35. The number of halogens is 1. The van der Waals surface area contributed by atoms with Gasteiger partial charge in [-0.2, -0.15) is 0 Å². The molecule has 1 atom stereocenters. The number of nitrogens with zero attached hydrogens (tertiary/aromatic N) is 1. The Morgan fingerprint density at radius 2 is 2.16 bits per heavy atom. The zero-order chi connectivity index (χ0) is 14.2. The summed E-state index contributed by atoms with van der Waals surface area (Å²) in [4.78, 5) is 14.5. The van der Waals surface area contributed by atoms with Crippen molar-refractivity contribution in [1.82, 2.24) is 4.90 Å². The van der Waals surface area contributed by atoms with Crippen LogP contribution in [0.4, 0.5) is 0 Å². The summed E-state index contributed by atoms with van der Waals surface area (Å²) in [6.45, 7) is 7.82. The van der Waals surface area contributed by atoms with Crippen LogP contribution in [-0.4, -0.2) is 29.9 Å². The molecule has 1 amide bonds. The monoisotopic (exact) mass is 372 g/mol. The number of likely N-dealkylation sites (tertiary alicyclic amines) is 1. The number of hydrogen-bond acceptors (Lipinski definition) is 2. The Morgan fingerprint density at radius 1 is 1.47 bits per heavy atom. The first-order valence-electron chi connectivity index (χ1n) is 6.62. The van der Waals surface area contributed by atoms with E-state index in [4.69, 9.17) is 5.73 Å². The molecule has 19 heavy (non-hydrogen) atoms. The Hall–Kier alpha value is -0.620. The van der Waals surface area contributed by atoms with Crippen molar-refractivity contribution >= 4 is 28.5 Å². The molecular formula is C15H21IN2O. The summed E-state index contributed by atoms with van der Waals surface area (Å²) in [6, 6.07) is 6.08. The molecule has 1 heterocycles. The highest BCUT2D eigenvalue weighted by atomic mass is 127. The molecule has 2 rings (SSSR count). The van der Waals surface area contributed by atoms with Crippen LogP contribution in [0.5, 0.6) is 0 Å². The van der Waals surface area contributed by atoms with Gasteiger partial charge in [0.15, 0.2) is 0 Å². The maximum absolute atomic E-state index is 12.5. The second kappa shape index (κ2) is 5.40. The van der Waals surface area contributed by atoms with Gasteiger partial charge in [-0.15, -0.1) is 0 Å². The van der Waals surface area contributed by atoms with Gasteiger partial charge in [0.1, 0.15) is 0 Å². The highest BCUT2D eigenvalue weighted by Crippen LogP contribution is 2.28. The van der Waals surface area contributed by atoms with Gasteiger partial charge in [0, 0.05) is 28.3 Å². The Bertz CT molecular complexity index is 499. The molecule has 104 valence electrons. The third-order valence-corrected chi connectivity index (χ3v) is 5.18. The van der Waals surface area contributed by atoms with Crippen LogP contribution in [0.15, 0.2) is 18.2 Å². The van der Waals surface area contributed by atoms with Crippen molar-refractivity contribution in [2.75, 3.05) is 13.1 Å². The highest BCUT2D eigenvalue weighted by molar-refractivity contribution is 14.1. The summed E-state index contributed by atoms with van der Waals surface area (Å²) >= 11 is 2.27. The van der Waals surface area contributed by atoms with Gasteiger partial charge in [-0.25, -0.2) is 0 Å². The summed E-state index contributed by atoms with van der Waals surface area (Å²) in [5.74, 6) is 0.123.